The van der Waals surface area contributed by atoms with E-state index in [1.165, 1.54) is 19.1 Å². The maximum absolute atomic E-state index is 12.5. The number of nitrogens with one attached hydrogen (secondary N) is 1. The second kappa shape index (κ2) is 6.25. The molecule has 7 heteroatoms. The summed E-state index contributed by atoms with van der Waals surface area (Å²) < 4.78 is 10.5. The number of carbonyl (C=O) groups excluding carboxylic acids is 1. The zero-order chi connectivity index (χ0) is 15.4. The number of ether oxygens (including phenoxy) is 2. The van der Waals surface area contributed by atoms with Crippen molar-refractivity contribution < 1.29 is 14.3 Å². The van der Waals surface area contributed by atoms with Crippen molar-refractivity contribution in [1.29, 1.82) is 0 Å². The Kier molecular flexibility index (Phi) is 4.42. The van der Waals surface area contributed by atoms with Gasteiger partial charge in [-0.1, -0.05) is 6.07 Å². The molecule has 0 atom stereocenters. The summed E-state index contributed by atoms with van der Waals surface area (Å²) in [7, 11) is 4.73. The number of aromatic amines is 1. The maximum Gasteiger partial charge on any atom is 0.257 e. The van der Waals surface area contributed by atoms with Crippen molar-refractivity contribution >= 4 is 5.91 Å². The highest BCUT2D eigenvalue weighted by Crippen LogP contribution is 2.31. The molecule has 1 N–H and O–H groups in total. The van der Waals surface area contributed by atoms with Crippen LogP contribution in [0.4, 0.5) is 0 Å². The van der Waals surface area contributed by atoms with Gasteiger partial charge in [0, 0.05) is 7.05 Å². The normalized spacial score (nSPS) is 10.3. The molecule has 1 aromatic carbocycles. The van der Waals surface area contributed by atoms with Crippen LogP contribution in [0.25, 0.3) is 0 Å². The predicted octanol–water partition coefficient (Wildman–Crippen LogP) is 1.40. The third kappa shape index (κ3) is 3.13. The molecular formula is C14H18N4O3. The number of nitrogens with zero attached hydrogens (tertiary/aromatic N) is 3. The van der Waals surface area contributed by atoms with Gasteiger partial charge in [-0.25, -0.2) is 4.98 Å². The van der Waals surface area contributed by atoms with Crippen LogP contribution in [-0.2, 0) is 6.54 Å². The highest BCUT2D eigenvalue weighted by atomic mass is 16.5. The van der Waals surface area contributed by atoms with Gasteiger partial charge in [-0.3, -0.25) is 9.89 Å². The molecule has 0 spiro atoms. The number of carbonyl (C=O) groups is 1. The first-order chi connectivity index (χ1) is 10.1. The van der Waals surface area contributed by atoms with Gasteiger partial charge >= 0.3 is 0 Å². The molecule has 0 saturated carbocycles. The molecule has 0 unspecified atom stereocenters. The minimum absolute atomic E-state index is 0.187. The van der Waals surface area contributed by atoms with Gasteiger partial charge in [-0.15, -0.1) is 0 Å². The van der Waals surface area contributed by atoms with E-state index in [1.807, 2.05) is 6.92 Å². The smallest absolute Gasteiger partial charge is 0.257 e. The Hall–Kier alpha value is -2.57. The Bertz CT molecular complexity index is 639. The number of benzene rings is 1. The van der Waals surface area contributed by atoms with E-state index >= 15 is 0 Å². The molecule has 0 aliphatic heterocycles. The van der Waals surface area contributed by atoms with E-state index in [2.05, 4.69) is 15.2 Å². The van der Waals surface area contributed by atoms with E-state index in [-0.39, 0.29) is 5.91 Å². The lowest BCUT2D eigenvalue weighted by Gasteiger charge is -2.18. The number of H-pyrrole nitrogens is 1. The van der Waals surface area contributed by atoms with E-state index in [0.717, 1.165) is 0 Å². The number of para-hydroxylation sites is 1. The standard InChI is InChI=1S/C14H18N4O3/c1-9-15-12(17-16-9)8-18(2)14(19)10-6-5-7-11(20-3)13(10)21-4/h5-7H,8H2,1-4H3,(H,15,16,17). The third-order valence-corrected chi connectivity index (χ3v) is 3.00. The Balaban J connectivity index is 2.23. The Morgan fingerprint density at radius 1 is 1.33 bits per heavy atom. The molecule has 112 valence electrons. The van der Waals surface area contributed by atoms with Gasteiger partial charge in [0.15, 0.2) is 17.3 Å². The largest absolute Gasteiger partial charge is 0.493 e. The van der Waals surface area contributed by atoms with E-state index in [0.29, 0.717) is 35.3 Å². The molecule has 0 saturated heterocycles. The molecule has 0 radical (unpaired) electrons. The Morgan fingerprint density at radius 2 is 2.10 bits per heavy atom. The Morgan fingerprint density at radius 3 is 2.67 bits per heavy atom. The van der Waals surface area contributed by atoms with Gasteiger partial charge in [0.2, 0.25) is 0 Å². The lowest BCUT2D eigenvalue weighted by molar-refractivity contribution is 0.0777. The van der Waals surface area contributed by atoms with Crippen molar-refractivity contribution in [3.8, 4) is 11.5 Å². The predicted molar refractivity (Wildman–Crippen MR) is 76.5 cm³/mol. The molecule has 2 rings (SSSR count). The fourth-order valence-electron chi connectivity index (χ4n) is 2.00. The fourth-order valence-corrected chi connectivity index (χ4v) is 2.00. The number of aromatic nitrogens is 3. The lowest BCUT2D eigenvalue weighted by Crippen LogP contribution is -2.27. The summed E-state index contributed by atoms with van der Waals surface area (Å²) in [5.41, 5.74) is 0.437. The molecule has 1 amide bonds. The van der Waals surface area contributed by atoms with Crippen LogP contribution in [0.3, 0.4) is 0 Å². The van der Waals surface area contributed by atoms with Crippen molar-refractivity contribution in [3.05, 3.63) is 35.4 Å². The van der Waals surface area contributed by atoms with Crippen molar-refractivity contribution in [3.63, 3.8) is 0 Å². The first-order valence-electron chi connectivity index (χ1n) is 6.41. The third-order valence-electron chi connectivity index (χ3n) is 3.00. The molecule has 0 aliphatic carbocycles. The van der Waals surface area contributed by atoms with Crippen LogP contribution in [0.2, 0.25) is 0 Å². The van der Waals surface area contributed by atoms with Gasteiger partial charge in [0.05, 0.1) is 26.3 Å². The average Bonchev–Trinajstić information content (AvgIpc) is 2.90. The van der Waals surface area contributed by atoms with E-state index in [4.69, 9.17) is 9.47 Å². The van der Waals surface area contributed by atoms with E-state index < -0.39 is 0 Å². The summed E-state index contributed by atoms with van der Waals surface area (Å²) in [5, 5.41) is 6.77. The number of hydrogen-bond acceptors (Lipinski definition) is 5. The summed E-state index contributed by atoms with van der Waals surface area (Å²) in [6, 6.07) is 5.19. The van der Waals surface area contributed by atoms with Gasteiger partial charge in [-0.2, -0.15) is 5.10 Å². The maximum atomic E-state index is 12.5. The van der Waals surface area contributed by atoms with Gasteiger partial charge in [-0.05, 0) is 19.1 Å². The van der Waals surface area contributed by atoms with Crippen molar-refractivity contribution in [2.75, 3.05) is 21.3 Å². The topological polar surface area (TPSA) is 80.3 Å². The molecule has 0 bridgehead atoms. The second-order valence-corrected chi connectivity index (χ2v) is 4.54. The molecule has 0 aliphatic rings. The number of methoxy groups -OCH3 is 2. The first-order valence-corrected chi connectivity index (χ1v) is 6.41. The monoisotopic (exact) mass is 290 g/mol. The minimum atomic E-state index is -0.187. The number of rotatable bonds is 5. The molecule has 1 aromatic heterocycles. The molecule has 21 heavy (non-hydrogen) atoms. The highest BCUT2D eigenvalue weighted by molar-refractivity contribution is 5.97. The molecular weight excluding hydrogens is 272 g/mol. The van der Waals surface area contributed by atoms with Crippen LogP contribution in [0.5, 0.6) is 11.5 Å². The summed E-state index contributed by atoms with van der Waals surface area (Å²) >= 11 is 0. The van der Waals surface area contributed by atoms with Crippen LogP contribution >= 0.6 is 0 Å². The van der Waals surface area contributed by atoms with Crippen molar-refractivity contribution in [2.45, 2.75) is 13.5 Å². The zero-order valence-corrected chi connectivity index (χ0v) is 12.5. The molecule has 0 fully saturated rings. The number of hydrogen-bond donors (Lipinski definition) is 1. The number of amides is 1. The average molecular weight is 290 g/mol. The quantitative estimate of drug-likeness (QED) is 0.900. The minimum Gasteiger partial charge on any atom is -0.493 e. The van der Waals surface area contributed by atoms with E-state index in [1.54, 1.807) is 25.2 Å². The van der Waals surface area contributed by atoms with Crippen molar-refractivity contribution in [1.82, 2.24) is 20.1 Å². The SMILES string of the molecule is COc1cccc(C(=O)N(C)Cc2n[nH]c(C)n2)c1OC. The van der Waals surface area contributed by atoms with Crippen molar-refractivity contribution in [2.24, 2.45) is 0 Å². The Labute approximate surface area is 122 Å². The van der Waals surface area contributed by atoms with Gasteiger partial charge in [0.25, 0.3) is 5.91 Å². The number of aryl methyl sites for hydroxylation is 1. The van der Waals surface area contributed by atoms with Crippen LogP contribution in [-0.4, -0.2) is 47.3 Å². The van der Waals surface area contributed by atoms with E-state index in [9.17, 15) is 4.79 Å². The van der Waals surface area contributed by atoms with Crippen LogP contribution in [0.15, 0.2) is 18.2 Å². The zero-order valence-electron chi connectivity index (χ0n) is 12.5. The molecule has 1 heterocycles. The first kappa shape index (κ1) is 14.8. The molecule has 2 aromatic rings. The van der Waals surface area contributed by atoms with Crippen LogP contribution < -0.4 is 9.47 Å². The summed E-state index contributed by atoms with van der Waals surface area (Å²) in [5.74, 6) is 2.02. The van der Waals surface area contributed by atoms with Gasteiger partial charge < -0.3 is 14.4 Å². The summed E-state index contributed by atoms with van der Waals surface area (Å²) in [6.07, 6.45) is 0. The van der Waals surface area contributed by atoms with Crippen LogP contribution in [0, 0.1) is 6.92 Å². The fraction of sp³-hybridized carbons (Fsp3) is 0.357. The lowest BCUT2D eigenvalue weighted by atomic mass is 10.1. The highest BCUT2D eigenvalue weighted by Gasteiger charge is 2.20. The van der Waals surface area contributed by atoms with Gasteiger partial charge in [0.1, 0.15) is 5.82 Å². The summed E-state index contributed by atoms with van der Waals surface area (Å²) in [6.45, 7) is 2.12. The summed E-state index contributed by atoms with van der Waals surface area (Å²) in [4.78, 5) is 18.2. The van der Waals surface area contributed by atoms with Crippen LogP contribution in [0.1, 0.15) is 22.0 Å². The second-order valence-electron chi connectivity index (χ2n) is 4.54. The molecule has 7 nitrogen and oxygen atoms in total.